The maximum absolute atomic E-state index is 10.6. The van der Waals surface area contributed by atoms with Gasteiger partial charge in [0.25, 0.3) is 0 Å². The summed E-state index contributed by atoms with van der Waals surface area (Å²) in [6.45, 7) is 0.424. The lowest BCUT2D eigenvalue weighted by Crippen LogP contribution is -2.27. The first kappa shape index (κ1) is 15.5. The molecule has 2 N–H and O–H groups in total. The smallest absolute Gasteiger partial charge is 0.160 e. The minimum absolute atomic E-state index is 0.0950. The van der Waals surface area contributed by atoms with Crippen LogP contribution in [0.3, 0.4) is 0 Å². The molecule has 5 heteroatoms. The Bertz CT molecular complexity index is 698. The number of fused-ring (bicyclic) bond motifs is 1. The van der Waals surface area contributed by atoms with Gasteiger partial charge >= 0.3 is 0 Å². The lowest BCUT2D eigenvalue weighted by molar-refractivity contribution is 0.0505. The Morgan fingerprint density at radius 1 is 1.09 bits per heavy atom. The minimum atomic E-state index is -0.682. The average molecular weight is 316 g/mol. The highest BCUT2D eigenvalue weighted by atomic mass is 16.5. The second-order valence-electron chi connectivity index (χ2n) is 5.63. The fourth-order valence-electron chi connectivity index (χ4n) is 2.92. The van der Waals surface area contributed by atoms with E-state index in [1.807, 2.05) is 18.2 Å². The van der Waals surface area contributed by atoms with Crippen LogP contribution in [0, 0.1) is 5.92 Å². The maximum atomic E-state index is 10.6. The molecule has 0 aliphatic carbocycles. The lowest BCUT2D eigenvalue weighted by Gasteiger charge is -2.30. The zero-order valence-electron chi connectivity index (χ0n) is 13.2. The summed E-state index contributed by atoms with van der Waals surface area (Å²) in [6, 6.07) is 10.5. The topological polar surface area (TPSA) is 68.2 Å². The summed E-state index contributed by atoms with van der Waals surface area (Å²) in [6.07, 6.45) is -0.0460. The van der Waals surface area contributed by atoms with Crippen molar-refractivity contribution in [3.63, 3.8) is 0 Å². The second kappa shape index (κ2) is 6.38. The zero-order valence-corrected chi connectivity index (χ0v) is 13.2. The molecule has 0 amide bonds. The van der Waals surface area contributed by atoms with E-state index in [9.17, 15) is 10.2 Å². The summed E-state index contributed by atoms with van der Waals surface area (Å²) in [7, 11) is 3.19. The Morgan fingerprint density at radius 3 is 2.61 bits per heavy atom. The maximum Gasteiger partial charge on any atom is 0.160 e. The molecule has 0 spiro atoms. The lowest BCUT2D eigenvalue weighted by atomic mass is 9.88. The number of hydrogen-bond donors (Lipinski definition) is 2. The monoisotopic (exact) mass is 316 g/mol. The Balaban J connectivity index is 1.81. The summed E-state index contributed by atoms with van der Waals surface area (Å²) < 4.78 is 16.3. The summed E-state index contributed by atoms with van der Waals surface area (Å²) in [5.74, 6) is 1.99. The molecule has 0 aromatic heterocycles. The highest BCUT2D eigenvalue weighted by Gasteiger charge is 2.30. The predicted octanol–water partition coefficient (Wildman–Crippen LogP) is 2.69. The Hall–Kier alpha value is -2.40. The van der Waals surface area contributed by atoms with E-state index in [4.69, 9.17) is 14.2 Å². The number of aliphatic hydroxyl groups is 1. The molecular formula is C18H20O5. The fraction of sp³-hybridized carbons (Fsp3) is 0.333. The Labute approximate surface area is 135 Å². The van der Waals surface area contributed by atoms with Crippen LogP contribution < -0.4 is 14.2 Å². The van der Waals surface area contributed by atoms with E-state index >= 15 is 0 Å². The molecule has 122 valence electrons. The average Bonchev–Trinajstić information content (AvgIpc) is 2.57. The van der Waals surface area contributed by atoms with E-state index in [-0.39, 0.29) is 11.7 Å². The van der Waals surface area contributed by atoms with Crippen molar-refractivity contribution in [3.05, 3.63) is 47.5 Å². The number of aliphatic hydroxyl groups excluding tert-OH is 1. The molecule has 2 unspecified atom stereocenters. The van der Waals surface area contributed by atoms with Crippen LogP contribution in [-0.4, -0.2) is 31.0 Å². The third kappa shape index (κ3) is 3.05. The molecule has 1 aliphatic heterocycles. The normalized spacial score (nSPS) is 19.6. The number of methoxy groups -OCH3 is 2. The van der Waals surface area contributed by atoms with Crippen LogP contribution in [0.4, 0.5) is 0 Å². The molecule has 0 saturated carbocycles. The van der Waals surface area contributed by atoms with E-state index in [0.29, 0.717) is 35.8 Å². The van der Waals surface area contributed by atoms with E-state index in [1.165, 1.54) is 0 Å². The van der Waals surface area contributed by atoms with Gasteiger partial charge in [0.05, 0.1) is 26.9 Å². The van der Waals surface area contributed by atoms with Gasteiger partial charge in [0.1, 0.15) is 11.5 Å². The largest absolute Gasteiger partial charge is 0.508 e. The van der Waals surface area contributed by atoms with Gasteiger partial charge in [0.15, 0.2) is 11.5 Å². The van der Waals surface area contributed by atoms with E-state index < -0.39 is 6.10 Å². The molecule has 0 bridgehead atoms. The van der Waals surface area contributed by atoms with Crippen LogP contribution in [0.5, 0.6) is 23.0 Å². The third-order valence-electron chi connectivity index (χ3n) is 4.16. The van der Waals surface area contributed by atoms with E-state index in [1.54, 1.807) is 32.4 Å². The molecule has 2 aromatic carbocycles. The van der Waals surface area contributed by atoms with Gasteiger partial charge in [-0.1, -0.05) is 6.07 Å². The highest BCUT2D eigenvalue weighted by Crippen LogP contribution is 2.39. The first-order valence-electron chi connectivity index (χ1n) is 7.47. The van der Waals surface area contributed by atoms with Crippen molar-refractivity contribution in [2.75, 3.05) is 20.8 Å². The summed E-state index contributed by atoms with van der Waals surface area (Å²) in [4.78, 5) is 0. The number of phenols is 1. The van der Waals surface area contributed by atoms with Crippen LogP contribution in [0.25, 0.3) is 0 Å². The van der Waals surface area contributed by atoms with Crippen LogP contribution in [-0.2, 0) is 6.42 Å². The first-order chi connectivity index (χ1) is 11.1. The molecule has 23 heavy (non-hydrogen) atoms. The van der Waals surface area contributed by atoms with Gasteiger partial charge < -0.3 is 24.4 Å². The fourth-order valence-corrected chi connectivity index (χ4v) is 2.92. The van der Waals surface area contributed by atoms with Gasteiger partial charge in [-0.05, 0) is 42.3 Å². The molecule has 2 aromatic rings. The number of phenolic OH excluding ortho intramolecular Hbond substituents is 1. The standard InChI is InChI=1S/C18H20O5/c1-21-16-5-3-11(8-17(16)22-2)7-12-10-23-15-6-4-13(19)9-14(15)18(12)20/h3-6,8-9,12,18-20H,7,10H2,1-2H3. The quantitative estimate of drug-likeness (QED) is 0.908. The Morgan fingerprint density at radius 2 is 1.87 bits per heavy atom. The summed E-state index contributed by atoms with van der Waals surface area (Å²) in [5.41, 5.74) is 1.65. The summed E-state index contributed by atoms with van der Waals surface area (Å²) in [5, 5.41) is 20.2. The number of aromatic hydroxyl groups is 1. The van der Waals surface area contributed by atoms with Crippen molar-refractivity contribution in [3.8, 4) is 23.0 Å². The second-order valence-corrected chi connectivity index (χ2v) is 5.63. The van der Waals surface area contributed by atoms with Crippen LogP contribution >= 0.6 is 0 Å². The molecule has 3 rings (SSSR count). The number of benzene rings is 2. The zero-order chi connectivity index (χ0) is 16.4. The van der Waals surface area contributed by atoms with Crippen molar-refractivity contribution < 1.29 is 24.4 Å². The van der Waals surface area contributed by atoms with Crippen molar-refractivity contribution in [1.82, 2.24) is 0 Å². The number of ether oxygens (including phenoxy) is 3. The first-order valence-corrected chi connectivity index (χ1v) is 7.47. The molecule has 1 aliphatic rings. The van der Waals surface area contributed by atoms with Crippen molar-refractivity contribution in [2.45, 2.75) is 12.5 Å². The molecule has 5 nitrogen and oxygen atoms in total. The minimum Gasteiger partial charge on any atom is -0.508 e. The molecule has 1 heterocycles. The SMILES string of the molecule is COc1ccc(CC2COc3ccc(O)cc3C2O)cc1OC. The van der Waals surface area contributed by atoms with Gasteiger partial charge in [-0.15, -0.1) is 0 Å². The van der Waals surface area contributed by atoms with E-state index in [0.717, 1.165) is 5.56 Å². The van der Waals surface area contributed by atoms with Crippen molar-refractivity contribution >= 4 is 0 Å². The van der Waals surface area contributed by atoms with Gasteiger partial charge in [-0.2, -0.15) is 0 Å². The van der Waals surface area contributed by atoms with Crippen LogP contribution in [0.1, 0.15) is 17.2 Å². The number of hydrogen-bond acceptors (Lipinski definition) is 5. The predicted molar refractivity (Wildman–Crippen MR) is 85.3 cm³/mol. The van der Waals surface area contributed by atoms with E-state index in [2.05, 4.69) is 0 Å². The molecular weight excluding hydrogens is 296 g/mol. The summed E-state index contributed by atoms with van der Waals surface area (Å²) >= 11 is 0. The molecule has 2 atom stereocenters. The van der Waals surface area contributed by atoms with Crippen molar-refractivity contribution in [1.29, 1.82) is 0 Å². The highest BCUT2D eigenvalue weighted by molar-refractivity contribution is 5.44. The van der Waals surface area contributed by atoms with Crippen molar-refractivity contribution in [2.24, 2.45) is 5.92 Å². The number of rotatable bonds is 4. The van der Waals surface area contributed by atoms with Gasteiger partial charge in [0, 0.05) is 11.5 Å². The van der Waals surface area contributed by atoms with Gasteiger partial charge in [0.2, 0.25) is 0 Å². The van der Waals surface area contributed by atoms with Gasteiger partial charge in [-0.25, -0.2) is 0 Å². The van der Waals surface area contributed by atoms with Crippen LogP contribution in [0.2, 0.25) is 0 Å². The van der Waals surface area contributed by atoms with Gasteiger partial charge in [-0.3, -0.25) is 0 Å². The molecule has 0 radical (unpaired) electrons. The molecule has 0 saturated heterocycles. The third-order valence-corrected chi connectivity index (χ3v) is 4.16. The molecule has 0 fully saturated rings. The Kier molecular flexibility index (Phi) is 4.30. The van der Waals surface area contributed by atoms with Crippen LogP contribution in [0.15, 0.2) is 36.4 Å².